The number of nitrogens with one attached hydrogen (secondary N) is 1. The second kappa shape index (κ2) is 8.35. The van der Waals surface area contributed by atoms with E-state index in [1.54, 1.807) is 0 Å². The van der Waals surface area contributed by atoms with Gasteiger partial charge < -0.3 is 5.32 Å². The van der Waals surface area contributed by atoms with Gasteiger partial charge in [0.2, 0.25) is 5.91 Å². The maximum atomic E-state index is 12.1. The van der Waals surface area contributed by atoms with Crippen molar-refractivity contribution in [3.8, 4) is 0 Å². The summed E-state index contributed by atoms with van der Waals surface area (Å²) in [5.74, 6) is 0.00532. The molecule has 0 unspecified atom stereocenters. The van der Waals surface area contributed by atoms with Gasteiger partial charge in [0.15, 0.2) is 0 Å². The van der Waals surface area contributed by atoms with E-state index in [1.807, 2.05) is 42.5 Å². The number of carbonyl (C=O) groups is 1. The predicted octanol–water partition coefficient (Wildman–Crippen LogP) is 4.96. The van der Waals surface area contributed by atoms with Crippen LogP contribution in [0.1, 0.15) is 17.5 Å². The molecule has 0 fully saturated rings. The molecular formula is C17H17Br2NO. The van der Waals surface area contributed by atoms with Crippen LogP contribution in [-0.2, 0) is 17.6 Å². The van der Waals surface area contributed by atoms with E-state index in [0.29, 0.717) is 6.42 Å². The Morgan fingerprint density at radius 3 is 2.57 bits per heavy atom. The Balaban J connectivity index is 1.96. The molecule has 2 aromatic rings. The van der Waals surface area contributed by atoms with Crippen molar-refractivity contribution in [2.45, 2.75) is 19.3 Å². The second-order valence-electron chi connectivity index (χ2n) is 4.85. The Bertz CT molecular complexity index is 613. The van der Waals surface area contributed by atoms with Gasteiger partial charge in [-0.2, -0.15) is 0 Å². The van der Waals surface area contributed by atoms with Crippen molar-refractivity contribution in [2.75, 3.05) is 10.6 Å². The van der Waals surface area contributed by atoms with Crippen LogP contribution in [0.15, 0.2) is 53.0 Å². The van der Waals surface area contributed by atoms with Gasteiger partial charge >= 0.3 is 0 Å². The average molecular weight is 411 g/mol. The van der Waals surface area contributed by atoms with E-state index >= 15 is 0 Å². The van der Waals surface area contributed by atoms with E-state index in [2.05, 4.69) is 43.2 Å². The molecule has 0 heterocycles. The molecule has 0 radical (unpaired) electrons. The van der Waals surface area contributed by atoms with Gasteiger partial charge in [-0.1, -0.05) is 56.1 Å². The van der Waals surface area contributed by atoms with E-state index in [4.69, 9.17) is 0 Å². The number of hydrogen-bond acceptors (Lipinski definition) is 1. The summed E-state index contributed by atoms with van der Waals surface area (Å²) in [6.07, 6.45) is 2.49. The molecule has 2 rings (SSSR count). The minimum atomic E-state index is 0.00532. The topological polar surface area (TPSA) is 29.1 Å². The molecule has 0 aliphatic rings. The van der Waals surface area contributed by atoms with Crippen LogP contribution in [0.5, 0.6) is 0 Å². The lowest BCUT2D eigenvalue weighted by Crippen LogP contribution is -2.14. The van der Waals surface area contributed by atoms with Crippen molar-refractivity contribution in [3.63, 3.8) is 0 Å². The third kappa shape index (κ3) is 5.64. The van der Waals surface area contributed by atoms with Gasteiger partial charge in [-0.05, 0) is 48.2 Å². The minimum Gasteiger partial charge on any atom is -0.326 e. The van der Waals surface area contributed by atoms with Crippen LogP contribution >= 0.6 is 31.9 Å². The lowest BCUT2D eigenvalue weighted by Gasteiger charge is -2.07. The van der Waals surface area contributed by atoms with Crippen molar-refractivity contribution < 1.29 is 4.79 Å². The molecule has 0 saturated carbocycles. The van der Waals surface area contributed by atoms with Crippen molar-refractivity contribution in [1.82, 2.24) is 0 Å². The molecule has 0 aliphatic carbocycles. The number of anilines is 1. The maximum absolute atomic E-state index is 12.1. The van der Waals surface area contributed by atoms with Crippen LogP contribution in [0.25, 0.3) is 0 Å². The van der Waals surface area contributed by atoms with Crippen molar-refractivity contribution in [2.24, 2.45) is 0 Å². The van der Waals surface area contributed by atoms with Gasteiger partial charge in [0.05, 0.1) is 6.42 Å². The van der Waals surface area contributed by atoms with E-state index < -0.39 is 0 Å². The van der Waals surface area contributed by atoms with Crippen LogP contribution < -0.4 is 5.32 Å². The smallest absolute Gasteiger partial charge is 0.228 e. The van der Waals surface area contributed by atoms with Gasteiger partial charge in [-0.15, -0.1) is 0 Å². The third-order valence-corrected chi connectivity index (χ3v) is 4.12. The summed E-state index contributed by atoms with van der Waals surface area (Å²) in [4.78, 5) is 12.1. The molecule has 0 aromatic heterocycles. The Labute approximate surface area is 142 Å². The number of rotatable bonds is 6. The number of alkyl halides is 1. The Hall–Kier alpha value is -1.13. The first-order valence-electron chi connectivity index (χ1n) is 6.86. The summed E-state index contributed by atoms with van der Waals surface area (Å²) in [7, 11) is 0. The predicted molar refractivity (Wildman–Crippen MR) is 95.0 cm³/mol. The standard InChI is InChI=1S/C17H17Br2NO/c18-9-3-6-13-4-2-8-16(11-13)20-17(21)12-14-5-1-7-15(19)10-14/h1-2,4-5,7-8,10-11H,3,6,9,12H2,(H,20,21). The largest absolute Gasteiger partial charge is 0.326 e. The van der Waals surface area contributed by atoms with E-state index in [-0.39, 0.29) is 5.91 Å². The molecule has 0 aliphatic heterocycles. The Kier molecular flexibility index (Phi) is 6.46. The molecule has 0 spiro atoms. The summed E-state index contributed by atoms with van der Waals surface area (Å²) in [5, 5.41) is 3.95. The number of amides is 1. The molecule has 1 N–H and O–H groups in total. The maximum Gasteiger partial charge on any atom is 0.228 e. The van der Waals surface area contributed by atoms with E-state index in [9.17, 15) is 4.79 Å². The normalized spacial score (nSPS) is 10.4. The molecule has 0 atom stereocenters. The SMILES string of the molecule is O=C(Cc1cccc(Br)c1)Nc1cccc(CCCBr)c1. The van der Waals surface area contributed by atoms with E-state index in [0.717, 1.165) is 33.9 Å². The summed E-state index contributed by atoms with van der Waals surface area (Å²) < 4.78 is 0.990. The van der Waals surface area contributed by atoms with Gasteiger partial charge in [0.1, 0.15) is 0 Å². The van der Waals surface area contributed by atoms with Gasteiger partial charge in [0.25, 0.3) is 0 Å². The van der Waals surface area contributed by atoms with Crippen LogP contribution in [0, 0.1) is 0 Å². The summed E-state index contributed by atoms with van der Waals surface area (Å²) in [5.41, 5.74) is 3.11. The molecule has 1 amide bonds. The highest BCUT2D eigenvalue weighted by molar-refractivity contribution is 9.10. The zero-order valence-corrected chi connectivity index (χ0v) is 14.8. The third-order valence-electron chi connectivity index (χ3n) is 3.06. The number of benzene rings is 2. The molecule has 2 nitrogen and oxygen atoms in total. The number of aryl methyl sites for hydroxylation is 1. The van der Waals surface area contributed by atoms with Crippen molar-refractivity contribution in [3.05, 3.63) is 64.1 Å². The Morgan fingerprint density at radius 2 is 1.81 bits per heavy atom. The first-order valence-corrected chi connectivity index (χ1v) is 8.78. The van der Waals surface area contributed by atoms with Crippen LogP contribution in [0.3, 0.4) is 0 Å². The fourth-order valence-electron chi connectivity index (χ4n) is 2.11. The first kappa shape index (κ1) is 16.2. The highest BCUT2D eigenvalue weighted by atomic mass is 79.9. The molecule has 0 bridgehead atoms. The zero-order valence-electron chi connectivity index (χ0n) is 11.6. The molecule has 0 saturated heterocycles. The number of hydrogen-bond donors (Lipinski definition) is 1. The summed E-state index contributed by atoms with van der Waals surface area (Å²) >= 11 is 6.85. The van der Waals surface area contributed by atoms with Crippen LogP contribution in [0.4, 0.5) is 5.69 Å². The first-order chi connectivity index (χ1) is 10.2. The molecule has 4 heteroatoms. The summed E-state index contributed by atoms with van der Waals surface area (Å²) in [6.45, 7) is 0. The highest BCUT2D eigenvalue weighted by Crippen LogP contribution is 2.15. The van der Waals surface area contributed by atoms with Crippen LogP contribution in [-0.4, -0.2) is 11.2 Å². The van der Waals surface area contributed by atoms with Gasteiger partial charge in [-0.25, -0.2) is 0 Å². The van der Waals surface area contributed by atoms with Crippen LogP contribution in [0.2, 0.25) is 0 Å². The lowest BCUT2D eigenvalue weighted by molar-refractivity contribution is -0.115. The van der Waals surface area contributed by atoms with Gasteiger partial charge in [-0.3, -0.25) is 4.79 Å². The molecular weight excluding hydrogens is 394 g/mol. The minimum absolute atomic E-state index is 0.00532. The zero-order chi connectivity index (χ0) is 15.1. The van der Waals surface area contributed by atoms with Gasteiger partial charge in [0, 0.05) is 15.5 Å². The fourth-order valence-corrected chi connectivity index (χ4v) is 2.84. The van der Waals surface area contributed by atoms with E-state index in [1.165, 1.54) is 5.56 Å². The number of carbonyl (C=O) groups excluding carboxylic acids is 1. The fraction of sp³-hybridized carbons (Fsp3) is 0.235. The summed E-state index contributed by atoms with van der Waals surface area (Å²) in [6, 6.07) is 15.9. The average Bonchev–Trinajstić information content (AvgIpc) is 2.45. The molecule has 2 aromatic carbocycles. The number of halogens is 2. The lowest BCUT2D eigenvalue weighted by atomic mass is 10.1. The monoisotopic (exact) mass is 409 g/mol. The highest BCUT2D eigenvalue weighted by Gasteiger charge is 2.05. The molecule has 21 heavy (non-hydrogen) atoms. The van der Waals surface area contributed by atoms with Crippen molar-refractivity contribution in [1.29, 1.82) is 0 Å². The Morgan fingerprint density at radius 1 is 1.05 bits per heavy atom. The second-order valence-corrected chi connectivity index (χ2v) is 6.56. The molecule has 110 valence electrons. The van der Waals surface area contributed by atoms with Crippen molar-refractivity contribution >= 4 is 43.5 Å². The quantitative estimate of drug-likeness (QED) is 0.670.